The van der Waals surface area contributed by atoms with E-state index in [4.69, 9.17) is 21.4 Å². The van der Waals surface area contributed by atoms with Gasteiger partial charge in [-0.15, -0.1) is 5.01 Å². The zero-order valence-corrected chi connectivity index (χ0v) is 16.3. The van der Waals surface area contributed by atoms with Crippen LogP contribution in [-0.4, -0.2) is 59.3 Å². The summed E-state index contributed by atoms with van der Waals surface area (Å²) in [6.07, 6.45) is -6.58. The van der Waals surface area contributed by atoms with E-state index in [0.29, 0.717) is 6.42 Å². The first-order valence-corrected chi connectivity index (χ1v) is 9.15. The number of nitrogens with zero attached hydrogens (tertiary/aromatic N) is 3. The minimum Gasteiger partial charge on any atom is -0.569 e. The summed E-state index contributed by atoms with van der Waals surface area (Å²) in [7, 11) is 0. The summed E-state index contributed by atoms with van der Waals surface area (Å²) in [5.41, 5.74) is 0.151. The number of benzene rings is 1. The summed E-state index contributed by atoms with van der Waals surface area (Å²) in [6.45, 7) is 1.03. The highest BCUT2D eigenvalue weighted by Crippen LogP contribution is 2.41. The number of aryl methyl sites for hydroxylation is 1. The largest absolute Gasteiger partial charge is 0.569 e. The fourth-order valence-corrected chi connectivity index (χ4v) is 3.10. The molecule has 0 aliphatic carbocycles. The van der Waals surface area contributed by atoms with Crippen LogP contribution in [0.3, 0.4) is 0 Å². The quantitative estimate of drug-likeness (QED) is 0.177. The standard InChI is InChI=1S/C17H17ClF3N3O6/c1-2-9-3-10-5-12(15(17(19,20)21)30-14(10)13(18)4-9)16(26)28-8-29-22-24(27)23-6-11(25)7-23/h3-5,11,15,25H,2,6-8H2,1H3/b24-22-/t15-/m0/s1. The summed E-state index contributed by atoms with van der Waals surface area (Å²) in [4.78, 5) is 16.8. The number of hydrogen-bond acceptors (Lipinski definition) is 7. The Morgan fingerprint density at radius 2 is 2.17 bits per heavy atom. The van der Waals surface area contributed by atoms with Crippen LogP contribution in [0.5, 0.6) is 5.75 Å². The maximum atomic E-state index is 13.4. The molecular formula is C17H17ClF3N3O6. The van der Waals surface area contributed by atoms with Crippen LogP contribution < -0.4 is 4.74 Å². The van der Waals surface area contributed by atoms with Crippen molar-refractivity contribution < 1.29 is 42.4 Å². The van der Waals surface area contributed by atoms with Crippen LogP contribution in [0, 0.1) is 5.21 Å². The SMILES string of the molecule is CCc1cc(Cl)c2c(c1)C=C(C(=O)OCO/N=[N+](\[O-])N1CC(O)C1)[C@@H](C(F)(F)F)O2. The van der Waals surface area contributed by atoms with Gasteiger partial charge in [0.15, 0.2) is 0 Å². The van der Waals surface area contributed by atoms with Crippen LogP contribution in [0.2, 0.25) is 5.02 Å². The summed E-state index contributed by atoms with van der Waals surface area (Å²) < 4.78 is 50.0. The van der Waals surface area contributed by atoms with Crippen molar-refractivity contribution in [3.8, 4) is 5.75 Å². The van der Waals surface area contributed by atoms with Gasteiger partial charge in [-0.2, -0.15) is 13.2 Å². The van der Waals surface area contributed by atoms with E-state index < -0.39 is 36.7 Å². The third-order valence-corrected chi connectivity index (χ3v) is 4.64. The molecule has 3 rings (SSSR count). The van der Waals surface area contributed by atoms with Gasteiger partial charge in [-0.05, 0) is 30.2 Å². The molecule has 9 nitrogen and oxygen atoms in total. The van der Waals surface area contributed by atoms with E-state index in [0.717, 1.165) is 16.6 Å². The minimum atomic E-state index is -4.91. The third kappa shape index (κ3) is 4.70. The smallest absolute Gasteiger partial charge is 0.430 e. The second kappa shape index (κ2) is 8.56. The van der Waals surface area contributed by atoms with Gasteiger partial charge in [-0.3, -0.25) is 0 Å². The van der Waals surface area contributed by atoms with E-state index >= 15 is 0 Å². The number of halogens is 4. The predicted molar refractivity (Wildman–Crippen MR) is 95.0 cm³/mol. The van der Waals surface area contributed by atoms with Crippen LogP contribution in [0.4, 0.5) is 13.2 Å². The van der Waals surface area contributed by atoms with Crippen molar-refractivity contribution in [2.75, 3.05) is 19.9 Å². The number of esters is 1. The van der Waals surface area contributed by atoms with Gasteiger partial charge >= 0.3 is 12.1 Å². The fourth-order valence-electron chi connectivity index (χ4n) is 2.80. The molecule has 0 amide bonds. The number of fused-ring (bicyclic) bond motifs is 1. The first-order valence-electron chi connectivity index (χ1n) is 8.77. The molecule has 1 atom stereocenters. The number of rotatable bonds is 6. The lowest BCUT2D eigenvalue weighted by Gasteiger charge is -2.30. The minimum absolute atomic E-state index is 0.00366. The molecule has 2 heterocycles. The molecule has 1 aromatic carbocycles. The first-order chi connectivity index (χ1) is 14.1. The van der Waals surface area contributed by atoms with E-state index in [1.54, 1.807) is 6.07 Å². The molecule has 1 N–H and O–H groups in total. The van der Waals surface area contributed by atoms with Crippen molar-refractivity contribution in [3.05, 3.63) is 39.1 Å². The summed E-state index contributed by atoms with van der Waals surface area (Å²) >= 11 is 6.03. The van der Waals surface area contributed by atoms with E-state index in [2.05, 4.69) is 14.9 Å². The molecule has 0 saturated carbocycles. The topological polar surface area (TPSA) is 107 Å². The van der Waals surface area contributed by atoms with E-state index in [1.165, 1.54) is 6.07 Å². The van der Waals surface area contributed by atoms with Gasteiger partial charge in [-0.1, -0.05) is 18.5 Å². The highest BCUT2D eigenvalue weighted by Gasteiger charge is 2.49. The zero-order chi connectivity index (χ0) is 22.1. The molecule has 30 heavy (non-hydrogen) atoms. The van der Waals surface area contributed by atoms with Gasteiger partial charge in [0.2, 0.25) is 11.4 Å². The van der Waals surface area contributed by atoms with Crippen molar-refractivity contribution in [2.45, 2.75) is 31.7 Å². The van der Waals surface area contributed by atoms with Crippen LogP contribution >= 0.6 is 11.6 Å². The molecule has 2 aliphatic rings. The Morgan fingerprint density at radius 1 is 1.47 bits per heavy atom. The summed E-state index contributed by atoms with van der Waals surface area (Å²) in [6, 6.07) is 3.05. The molecule has 1 saturated heterocycles. The number of carbonyl (C=O) groups is 1. The molecule has 0 radical (unpaired) electrons. The van der Waals surface area contributed by atoms with Gasteiger partial charge in [0.25, 0.3) is 6.79 Å². The Hall–Kier alpha value is -2.73. The molecule has 1 fully saturated rings. The van der Waals surface area contributed by atoms with Gasteiger partial charge in [0.05, 0.1) is 15.6 Å². The van der Waals surface area contributed by atoms with Crippen molar-refractivity contribution in [3.63, 3.8) is 0 Å². The molecule has 0 aromatic heterocycles. The highest BCUT2D eigenvalue weighted by atomic mass is 35.5. The Balaban J connectivity index is 1.73. The van der Waals surface area contributed by atoms with Crippen LogP contribution in [-0.2, 0) is 20.8 Å². The third-order valence-electron chi connectivity index (χ3n) is 4.36. The van der Waals surface area contributed by atoms with Gasteiger partial charge < -0.3 is 24.6 Å². The molecule has 164 valence electrons. The number of aliphatic hydroxyl groups excluding tert-OH is 1. The highest BCUT2D eigenvalue weighted by molar-refractivity contribution is 6.32. The van der Waals surface area contributed by atoms with Crippen molar-refractivity contribution in [2.24, 2.45) is 5.28 Å². The van der Waals surface area contributed by atoms with E-state index in [9.17, 15) is 23.2 Å². The molecule has 13 heteroatoms. The number of β-amino-alcohol motifs (C(OH)–C–C–N with tert-alkyl or cyclic N) is 1. The maximum Gasteiger partial charge on any atom is 0.430 e. The van der Waals surface area contributed by atoms with Crippen molar-refractivity contribution in [1.82, 2.24) is 5.01 Å². The molecule has 0 bridgehead atoms. The molecule has 2 aliphatic heterocycles. The van der Waals surface area contributed by atoms with Gasteiger partial charge in [0, 0.05) is 5.56 Å². The Labute approximate surface area is 173 Å². The molecule has 0 unspecified atom stereocenters. The monoisotopic (exact) mass is 451 g/mol. The van der Waals surface area contributed by atoms with Crippen LogP contribution in [0.15, 0.2) is 23.0 Å². The van der Waals surface area contributed by atoms with Gasteiger partial charge in [0.1, 0.15) is 24.9 Å². The van der Waals surface area contributed by atoms with Crippen LogP contribution in [0.25, 0.3) is 6.08 Å². The number of aliphatic hydroxyl groups is 1. The number of ether oxygens (including phenoxy) is 2. The normalized spacial score (nSPS) is 19.4. The lowest BCUT2D eigenvalue weighted by Crippen LogP contribution is -2.53. The zero-order valence-electron chi connectivity index (χ0n) is 15.6. The van der Waals surface area contributed by atoms with Gasteiger partial charge in [-0.25, -0.2) is 4.79 Å². The first kappa shape index (κ1) is 22.0. The van der Waals surface area contributed by atoms with Crippen molar-refractivity contribution in [1.29, 1.82) is 0 Å². The van der Waals surface area contributed by atoms with Crippen LogP contribution in [0.1, 0.15) is 18.1 Å². The average Bonchev–Trinajstić information content (AvgIpc) is 2.66. The number of alkyl halides is 3. The predicted octanol–water partition coefficient (Wildman–Crippen LogP) is 2.60. The molecular weight excluding hydrogens is 435 g/mol. The van der Waals surface area contributed by atoms with Crippen molar-refractivity contribution >= 4 is 23.6 Å². The second-order valence-electron chi connectivity index (χ2n) is 6.53. The lowest BCUT2D eigenvalue weighted by molar-refractivity contribution is -0.727. The lowest BCUT2D eigenvalue weighted by atomic mass is 9.99. The maximum absolute atomic E-state index is 13.4. The average molecular weight is 452 g/mol. The van der Waals surface area contributed by atoms with E-state index in [1.807, 2.05) is 6.92 Å². The Bertz CT molecular complexity index is 886. The number of hydrazine groups is 1. The fraction of sp³-hybridized carbons (Fsp3) is 0.471. The number of carbonyl (C=O) groups excluding carboxylic acids is 1. The Kier molecular flexibility index (Phi) is 6.27. The summed E-state index contributed by atoms with van der Waals surface area (Å²) in [5, 5.41) is 24.7. The number of hydrogen-bond donors (Lipinski definition) is 1. The summed E-state index contributed by atoms with van der Waals surface area (Å²) in [5.74, 6) is -1.54. The Morgan fingerprint density at radius 3 is 2.77 bits per heavy atom. The van der Waals surface area contributed by atoms with E-state index in [-0.39, 0.29) is 34.4 Å². The molecule has 0 spiro atoms. The second-order valence-corrected chi connectivity index (χ2v) is 6.93. The molecule has 1 aromatic rings.